The summed E-state index contributed by atoms with van der Waals surface area (Å²) in [4.78, 5) is 6.40. The fraction of sp³-hybridized carbons (Fsp3) is 0.643. The van der Waals surface area contributed by atoms with E-state index in [-0.39, 0.29) is 0 Å². The minimum absolute atomic E-state index is 0.423. The van der Waals surface area contributed by atoms with Gasteiger partial charge in [0.15, 0.2) is 0 Å². The summed E-state index contributed by atoms with van der Waals surface area (Å²) in [5.74, 6) is 0. The molecule has 3 nitrogen and oxygen atoms in total. The first-order valence-corrected chi connectivity index (χ1v) is 6.95. The molecule has 0 spiro atoms. The van der Waals surface area contributed by atoms with Crippen molar-refractivity contribution in [2.45, 2.75) is 26.3 Å². The number of halogens is 1. The lowest BCUT2D eigenvalue weighted by atomic mass is 9.80. The van der Waals surface area contributed by atoms with E-state index in [2.05, 4.69) is 29.2 Å². The van der Waals surface area contributed by atoms with Gasteiger partial charge in [0, 0.05) is 25.5 Å². The maximum absolute atomic E-state index is 6.09. The third-order valence-electron chi connectivity index (χ3n) is 3.92. The molecule has 1 aromatic heterocycles. The van der Waals surface area contributed by atoms with E-state index in [9.17, 15) is 0 Å². The van der Waals surface area contributed by atoms with Crippen LogP contribution in [-0.2, 0) is 6.54 Å². The van der Waals surface area contributed by atoms with Crippen LogP contribution < -0.4 is 5.32 Å². The molecule has 2 rings (SSSR count). The van der Waals surface area contributed by atoms with E-state index in [0.717, 1.165) is 23.7 Å². The van der Waals surface area contributed by atoms with Crippen LogP contribution in [0.2, 0.25) is 5.02 Å². The highest BCUT2D eigenvalue weighted by atomic mass is 35.5. The first-order chi connectivity index (χ1) is 8.59. The molecule has 0 aromatic carbocycles. The highest BCUT2D eigenvalue weighted by Gasteiger charge is 2.28. The molecule has 1 saturated heterocycles. The van der Waals surface area contributed by atoms with Crippen LogP contribution in [0.3, 0.4) is 0 Å². The number of hydrogen-bond donors (Lipinski definition) is 1. The Bertz CT molecular complexity index is 386. The number of rotatable bonds is 4. The van der Waals surface area contributed by atoms with Crippen molar-refractivity contribution in [2.24, 2.45) is 5.41 Å². The fourth-order valence-electron chi connectivity index (χ4n) is 2.38. The van der Waals surface area contributed by atoms with Crippen molar-refractivity contribution in [3.05, 3.63) is 29.0 Å². The summed E-state index contributed by atoms with van der Waals surface area (Å²) in [6.45, 7) is 6.66. The second-order valence-corrected chi connectivity index (χ2v) is 6.09. The molecular weight excluding hydrogens is 246 g/mol. The van der Waals surface area contributed by atoms with Crippen molar-refractivity contribution in [1.82, 2.24) is 15.2 Å². The van der Waals surface area contributed by atoms with Gasteiger partial charge in [0.05, 0.1) is 5.02 Å². The molecular formula is C14H22ClN3. The standard InChI is InChI=1S/C14H22ClN3/c1-14(4-7-18(2)8-5-14)11-17-9-12-3-6-16-10-13(12)15/h3,6,10,17H,4-5,7-9,11H2,1-2H3. The second kappa shape index (κ2) is 6.00. The van der Waals surface area contributed by atoms with Crippen LogP contribution in [0.15, 0.2) is 18.5 Å². The zero-order chi connectivity index (χ0) is 13.0. The number of nitrogens with zero attached hydrogens (tertiary/aromatic N) is 2. The average Bonchev–Trinajstić information content (AvgIpc) is 2.36. The largest absolute Gasteiger partial charge is 0.312 e. The minimum Gasteiger partial charge on any atom is -0.312 e. The van der Waals surface area contributed by atoms with Crippen LogP contribution in [0.1, 0.15) is 25.3 Å². The van der Waals surface area contributed by atoms with E-state index in [1.165, 1.54) is 25.9 Å². The minimum atomic E-state index is 0.423. The van der Waals surface area contributed by atoms with E-state index < -0.39 is 0 Å². The molecule has 0 unspecified atom stereocenters. The van der Waals surface area contributed by atoms with Crippen LogP contribution in [0.25, 0.3) is 0 Å². The third kappa shape index (κ3) is 3.67. The van der Waals surface area contributed by atoms with Gasteiger partial charge in [0.1, 0.15) is 0 Å². The van der Waals surface area contributed by atoms with E-state index in [0.29, 0.717) is 5.41 Å². The van der Waals surface area contributed by atoms with Crippen molar-refractivity contribution in [2.75, 3.05) is 26.7 Å². The van der Waals surface area contributed by atoms with Gasteiger partial charge in [0.25, 0.3) is 0 Å². The molecule has 18 heavy (non-hydrogen) atoms. The normalized spacial score (nSPS) is 19.9. The third-order valence-corrected chi connectivity index (χ3v) is 4.26. The van der Waals surface area contributed by atoms with E-state index in [1.54, 1.807) is 12.4 Å². The Hall–Kier alpha value is -0.640. The molecule has 1 aliphatic heterocycles. The smallest absolute Gasteiger partial charge is 0.0634 e. The van der Waals surface area contributed by atoms with Gasteiger partial charge in [-0.25, -0.2) is 0 Å². The molecule has 0 saturated carbocycles. The van der Waals surface area contributed by atoms with E-state index in [1.807, 2.05) is 6.07 Å². The predicted octanol–water partition coefficient (Wildman–Crippen LogP) is 2.56. The lowest BCUT2D eigenvalue weighted by molar-refractivity contribution is 0.137. The van der Waals surface area contributed by atoms with Crippen molar-refractivity contribution < 1.29 is 0 Å². The predicted molar refractivity (Wildman–Crippen MR) is 75.8 cm³/mol. The molecule has 4 heteroatoms. The lowest BCUT2D eigenvalue weighted by Gasteiger charge is -2.38. The maximum atomic E-state index is 6.09. The van der Waals surface area contributed by atoms with E-state index in [4.69, 9.17) is 11.6 Å². The lowest BCUT2D eigenvalue weighted by Crippen LogP contribution is -2.41. The fourth-order valence-corrected chi connectivity index (χ4v) is 2.57. The van der Waals surface area contributed by atoms with Gasteiger partial charge in [-0.1, -0.05) is 18.5 Å². The van der Waals surface area contributed by atoms with Crippen LogP contribution in [0.5, 0.6) is 0 Å². The van der Waals surface area contributed by atoms with E-state index >= 15 is 0 Å². The summed E-state index contributed by atoms with van der Waals surface area (Å²) in [7, 11) is 2.20. The van der Waals surface area contributed by atoms with Crippen molar-refractivity contribution in [3.8, 4) is 0 Å². The summed E-state index contributed by atoms with van der Waals surface area (Å²) in [6.07, 6.45) is 6.02. The van der Waals surface area contributed by atoms with Gasteiger partial charge in [-0.05, 0) is 50.0 Å². The maximum Gasteiger partial charge on any atom is 0.0634 e. The number of piperidine rings is 1. The van der Waals surface area contributed by atoms with Crippen LogP contribution in [-0.4, -0.2) is 36.6 Å². The second-order valence-electron chi connectivity index (χ2n) is 5.68. The van der Waals surface area contributed by atoms with Gasteiger partial charge < -0.3 is 10.2 Å². The molecule has 100 valence electrons. The first kappa shape index (κ1) is 13.8. The summed E-state index contributed by atoms with van der Waals surface area (Å²) < 4.78 is 0. The van der Waals surface area contributed by atoms with Gasteiger partial charge in [0.2, 0.25) is 0 Å². The number of likely N-dealkylation sites (tertiary alicyclic amines) is 1. The molecule has 1 fully saturated rings. The Balaban J connectivity index is 1.80. The van der Waals surface area contributed by atoms with Gasteiger partial charge in [-0.15, -0.1) is 0 Å². The molecule has 0 atom stereocenters. The van der Waals surface area contributed by atoms with Crippen LogP contribution in [0.4, 0.5) is 0 Å². The van der Waals surface area contributed by atoms with Crippen molar-refractivity contribution >= 4 is 11.6 Å². The Morgan fingerprint density at radius 1 is 1.44 bits per heavy atom. The van der Waals surface area contributed by atoms with Crippen LogP contribution >= 0.6 is 11.6 Å². The van der Waals surface area contributed by atoms with Crippen LogP contribution in [0, 0.1) is 5.41 Å². The molecule has 0 amide bonds. The zero-order valence-electron chi connectivity index (χ0n) is 11.2. The molecule has 0 radical (unpaired) electrons. The zero-order valence-corrected chi connectivity index (χ0v) is 12.0. The highest BCUT2D eigenvalue weighted by molar-refractivity contribution is 6.31. The number of pyridine rings is 1. The Kier molecular flexibility index (Phi) is 4.60. The van der Waals surface area contributed by atoms with Gasteiger partial charge in [-0.3, -0.25) is 4.98 Å². The Labute approximate surface area is 115 Å². The number of aromatic nitrogens is 1. The van der Waals surface area contributed by atoms with Gasteiger partial charge >= 0.3 is 0 Å². The summed E-state index contributed by atoms with van der Waals surface area (Å²) in [5.41, 5.74) is 1.55. The molecule has 1 aromatic rings. The van der Waals surface area contributed by atoms with Crippen molar-refractivity contribution in [1.29, 1.82) is 0 Å². The number of nitrogens with one attached hydrogen (secondary N) is 1. The molecule has 2 heterocycles. The molecule has 1 aliphatic rings. The first-order valence-electron chi connectivity index (χ1n) is 6.57. The quantitative estimate of drug-likeness (QED) is 0.909. The summed E-state index contributed by atoms with van der Waals surface area (Å²) in [5, 5.41) is 4.29. The molecule has 0 aliphatic carbocycles. The Morgan fingerprint density at radius 3 is 2.83 bits per heavy atom. The molecule has 0 bridgehead atoms. The average molecular weight is 268 g/mol. The molecule has 1 N–H and O–H groups in total. The SMILES string of the molecule is CN1CCC(C)(CNCc2ccncc2Cl)CC1. The van der Waals surface area contributed by atoms with Gasteiger partial charge in [-0.2, -0.15) is 0 Å². The summed E-state index contributed by atoms with van der Waals surface area (Å²) in [6, 6.07) is 1.98. The van der Waals surface area contributed by atoms with Crippen molar-refractivity contribution in [3.63, 3.8) is 0 Å². The highest BCUT2D eigenvalue weighted by Crippen LogP contribution is 2.29. The Morgan fingerprint density at radius 2 is 2.17 bits per heavy atom. The number of hydrogen-bond acceptors (Lipinski definition) is 3. The monoisotopic (exact) mass is 267 g/mol. The topological polar surface area (TPSA) is 28.2 Å². The summed E-state index contributed by atoms with van der Waals surface area (Å²) >= 11 is 6.09.